The second kappa shape index (κ2) is 5.58. The first kappa shape index (κ1) is 14.1. The summed E-state index contributed by atoms with van der Waals surface area (Å²) in [5, 5.41) is 10.5. The van der Waals surface area contributed by atoms with Crippen molar-refractivity contribution in [3.63, 3.8) is 0 Å². The van der Waals surface area contributed by atoms with E-state index in [9.17, 15) is 4.79 Å². The Morgan fingerprint density at radius 1 is 1.17 bits per heavy atom. The van der Waals surface area contributed by atoms with Crippen LogP contribution in [0.25, 0.3) is 28.3 Å². The van der Waals surface area contributed by atoms with Crippen molar-refractivity contribution in [3.05, 3.63) is 54.7 Å². The maximum absolute atomic E-state index is 11.5. The first-order valence-corrected chi connectivity index (χ1v) is 7.21. The minimum Gasteiger partial charge on any atom is -0.351 e. The molecule has 0 spiro atoms. The average Bonchev–Trinajstić information content (AvgIpc) is 3.28. The Kier molecular flexibility index (Phi) is 3.27. The maximum atomic E-state index is 11.5. The zero-order valence-corrected chi connectivity index (χ0v) is 12.7. The molecule has 3 heterocycles. The monoisotopic (exact) mass is 320 g/mol. The smallest absolute Gasteiger partial charge is 0.316 e. The zero-order chi connectivity index (χ0) is 16.5. The number of aromatic nitrogens is 5. The van der Waals surface area contributed by atoms with E-state index in [1.807, 2.05) is 42.6 Å². The molecule has 24 heavy (non-hydrogen) atoms. The quantitative estimate of drug-likeness (QED) is 0.618. The highest BCUT2D eigenvalue weighted by atomic mass is 16.5. The lowest BCUT2D eigenvalue weighted by Crippen LogP contribution is -2.17. The molecule has 1 aromatic carbocycles. The Bertz CT molecular complexity index is 1000. The summed E-state index contributed by atoms with van der Waals surface area (Å²) in [5.74, 6) is -0.150. The highest BCUT2D eigenvalue weighted by Gasteiger charge is 2.15. The highest BCUT2D eigenvalue weighted by Crippen LogP contribution is 2.24. The van der Waals surface area contributed by atoms with E-state index in [1.165, 1.54) is 7.05 Å². The molecule has 0 atom stereocenters. The Balaban J connectivity index is 1.73. The van der Waals surface area contributed by atoms with E-state index in [1.54, 1.807) is 10.7 Å². The van der Waals surface area contributed by atoms with Crippen LogP contribution in [-0.4, -0.2) is 37.7 Å². The Morgan fingerprint density at radius 3 is 2.88 bits per heavy atom. The number of benzene rings is 1. The molecule has 8 nitrogen and oxygen atoms in total. The first-order chi connectivity index (χ1) is 11.7. The summed E-state index contributed by atoms with van der Waals surface area (Å²) in [6.07, 6.45) is 3.55. The van der Waals surface area contributed by atoms with Crippen molar-refractivity contribution >= 4 is 11.6 Å². The number of nitrogens with zero attached hydrogens (tertiary/aromatic N) is 5. The van der Waals surface area contributed by atoms with Crippen LogP contribution in [-0.2, 0) is 0 Å². The molecule has 0 aliphatic heterocycles. The normalized spacial score (nSPS) is 10.9. The summed E-state index contributed by atoms with van der Waals surface area (Å²) in [6, 6.07) is 11.3. The van der Waals surface area contributed by atoms with Gasteiger partial charge in [-0.2, -0.15) is 10.1 Å². The minimum atomic E-state index is -0.420. The van der Waals surface area contributed by atoms with Gasteiger partial charge in [0.05, 0.1) is 11.9 Å². The van der Waals surface area contributed by atoms with E-state index in [0.29, 0.717) is 5.82 Å². The number of nitrogens with one attached hydrogen (secondary N) is 1. The Labute approximate surface area is 136 Å². The molecule has 0 aliphatic carbocycles. The van der Waals surface area contributed by atoms with Gasteiger partial charge >= 0.3 is 11.8 Å². The van der Waals surface area contributed by atoms with Gasteiger partial charge in [-0.05, 0) is 18.2 Å². The van der Waals surface area contributed by atoms with Gasteiger partial charge in [0, 0.05) is 24.4 Å². The number of imidazole rings is 1. The first-order valence-electron chi connectivity index (χ1n) is 7.21. The molecule has 118 valence electrons. The van der Waals surface area contributed by atoms with E-state index in [2.05, 4.69) is 25.5 Å². The lowest BCUT2D eigenvalue weighted by Gasteiger charge is -1.98. The van der Waals surface area contributed by atoms with Crippen molar-refractivity contribution in [2.75, 3.05) is 7.05 Å². The third-order valence-corrected chi connectivity index (χ3v) is 3.50. The molecule has 0 saturated heterocycles. The van der Waals surface area contributed by atoms with Gasteiger partial charge < -0.3 is 9.84 Å². The van der Waals surface area contributed by atoms with Crippen molar-refractivity contribution in [3.8, 4) is 22.6 Å². The van der Waals surface area contributed by atoms with Gasteiger partial charge in [0.15, 0.2) is 5.65 Å². The van der Waals surface area contributed by atoms with Gasteiger partial charge in [-0.1, -0.05) is 23.4 Å². The van der Waals surface area contributed by atoms with Crippen LogP contribution in [0.3, 0.4) is 0 Å². The number of rotatable bonds is 3. The van der Waals surface area contributed by atoms with Crippen molar-refractivity contribution in [2.24, 2.45) is 0 Å². The fraction of sp³-hybridized carbons (Fsp3) is 0.0625. The average molecular weight is 320 g/mol. The molecule has 0 bridgehead atoms. The van der Waals surface area contributed by atoms with Crippen LogP contribution in [0.1, 0.15) is 10.7 Å². The van der Waals surface area contributed by atoms with E-state index in [-0.39, 0.29) is 5.89 Å². The van der Waals surface area contributed by atoms with Crippen LogP contribution in [0.4, 0.5) is 0 Å². The van der Waals surface area contributed by atoms with E-state index in [0.717, 1.165) is 22.5 Å². The van der Waals surface area contributed by atoms with Gasteiger partial charge in [0.25, 0.3) is 0 Å². The number of hydrogen-bond acceptors (Lipinski definition) is 6. The predicted octanol–water partition coefficient (Wildman–Crippen LogP) is 1.81. The lowest BCUT2D eigenvalue weighted by atomic mass is 10.1. The molecule has 0 unspecified atom stereocenters. The predicted molar refractivity (Wildman–Crippen MR) is 85.1 cm³/mol. The molecule has 0 radical (unpaired) electrons. The second-order valence-corrected chi connectivity index (χ2v) is 5.04. The van der Waals surface area contributed by atoms with Crippen LogP contribution in [0, 0.1) is 0 Å². The second-order valence-electron chi connectivity index (χ2n) is 5.04. The van der Waals surface area contributed by atoms with E-state index in [4.69, 9.17) is 4.52 Å². The molecular formula is C16H12N6O2. The Hall–Kier alpha value is -3.55. The van der Waals surface area contributed by atoms with Crippen molar-refractivity contribution in [2.45, 2.75) is 0 Å². The fourth-order valence-corrected chi connectivity index (χ4v) is 2.33. The molecule has 8 heteroatoms. The van der Waals surface area contributed by atoms with Crippen LogP contribution >= 0.6 is 0 Å². The fourth-order valence-electron chi connectivity index (χ4n) is 2.33. The third-order valence-electron chi connectivity index (χ3n) is 3.50. The number of amides is 1. The number of fused-ring (bicyclic) bond motifs is 1. The van der Waals surface area contributed by atoms with E-state index < -0.39 is 5.91 Å². The minimum absolute atomic E-state index is 0.0742. The lowest BCUT2D eigenvalue weighted by molar-refractivity contribution is 0.0919. The molecular weight excluding hydrogens is 308 g/mol. The van der Waals surface area contributed by atoms with Crippen molar-refractivity contribution < 1.29 is 9.32 Å². The van der Waals surface area contributed by atoms with Gasteiger partial charge in [-0.15, -0.1) is 0 Å². The number of carbonyl (C=O) groups is 1. The maximum Gasteiger partial charge on any atom is 0.316 e. The SMILES string of the molecule is CNC(=O)c1nc(-c2cccc(-c3cn4ncccc4n3)c2)no1. The summed E-state index contributed by atoms with van der Waals surface area (Å²) in [6.45, 7) is 0. The standard InChI is InChI=1S/C16H12N6O2/c1-17-15(23)16-20-14(21-24-16)11-5-2-4-10(8-11)12-9-22-13(19-12)6-3-7-18-22/h2-9H,1H3,(H,17,23). The van der Waals surface area contributed by atoms with Gasteiger partial charge in [0.2, 0.25) is 5.82 Å². The van der Waals surface area contributed by atoms with Crippen molar-refractivity contribution in [1.29, 1.82) is 0 Å². The van der Waals surface area contributed by atoms with Gasteiger partial charge in [0.1, 0.15) is 0 Å². The zero-order valence-electron chi connectivity index (χ0n) is 12.7. The molecule has 1 amide bonds. The van der Waals surface area contributed by atoms with E-state index >= 15 is 0 Å². The van der Waals surface area contributed by atoms with Crippen LogP contribution in [0.2, 0.25) is 0 Å². The largest absolute Gasteiger partial charge is 0.351 e. The van der Waals surface area contributed by atoms with Gasteiger partial charge in [-0.3, -0.25) is 4.79 Å². The molecule has 4 rings (SSSR count). The Morgan fingerprint density at radius 2 is 2.04 bits per heavy atom. The molecule has 3 aromatic heterocycles. The highest BCUT2D eigenvalue weighted by molar-refractivity contribution is 5.89. The summed E-state index contributed by atoms with van der Waals surface area (Å²) in [4.78, 5) is 20.2. The summed E-state index contributed by atoms with van der Waals surface area (Å²) in [7, 11) is 1.50. The summed E-state index contributed by atoms with van der Waals surface area (Å²) in [5.41, 5.74) is 3.17. The molecule has 1 N–H and O–H groups in total. The topological polar surface area (TPSA) is 98.2 Å². The molecule has 0 saturated carbocycles. The molecule has 0 aliphatic rings. The van der Waals surface area contributed by atoms with Crippen molar-refractivity contribution in [1.82, 2.24) is 30.1 Å². The number of carbonyl (C=O) groups excluding carboxylic acids is 1. The number of hydrogen-bond donors (Lipinski definition) is 1. The summed E-state index contributed by atoms with van der Waals surface area (Å²) < 4.78 is 6.67. The van der Waals surface area contributed by atoms with Crippen LogP contribution in [0.15, 0.2) is 53.3 Å². The van der Waals surface area contributed by atoms with Crippen LogP contribution in [0.5, 0.6) is 0 Å². The molecule has 0 fully saturated rings. The molecule has 4 aromatic rings. The summed E-state index contributed by atoms with van der Waals surface area (Å²) >= 11 is 0. The van der Waals surface area contributed by atoms with Crippen LogP contribution < -0.4 is 5.32 Å². The van der Waals surface area contributed by atoms with Gasteiger partial charge in [-0.25, -0.2) is 9.50 Å². The third kappa shape index (κ3) is 2.39.